The van der Waals surface area contributed by atoms with Crippen LogP contribution in [0.3, 0.4) is 0 Å². The maximum absolute atomic E-state index is 12.3. The molecule has 0 aliphatic carbocycles. The summed E-state index contributed by atoms with van der Waals surface area (Å²) in [6.07, 6.45) is -1.25. The van der Waals surface area contributed by atoms with Gasteiger partial charge in [-0.15, -0.1) is 0 Å². The van der Waals surface area contributed by atoms with E-state index in [-0.39, 0.29) is 23.0 Å². The molecule has 1 aliphatic heterocycles. The van der Waals surface area contributed by atoms with Gasteiger partial charge in [0.2, 0.25) is 10.0 Å². The number of carbonyl (C=O) groups excluding carboxylic acids is 1. The topological polar surface area (TPSA) is 75.7 Å². The van der Waals surface area contributed by atoms with Crippen LogP contribution < -0.4 is 9.62 Å². The summed E-state index contributed by atoms with van der Waals surface area (Å²) in [4.78, 5) is 13.4. The summed E-state index contributed by atoms with van der Waals surface area (Å²) in [5.74, 6) is 0. The van der Waals surface area contributed by atoms with E-state index in [1.165, 1.54) is 17.0 Å². The maximum atomic E-state index is 12.3. The Morgan fingerprint density at radius 3 is 2.50 bits per heavy atom. The fraction of sp³-hybridized carbons (Fsp3) is 0.188. The summed E-state index contributed by atoms with van der Waals surface area (Å²) in [6.45, 7) is 0.0823. The van der Waals surface area contributed by atoms with Crippen molar-refractivity contribution in [1.82, 2.24) is 4.72 Å². The van der Waals surface area contributed by atoms with Crippen LogP contribution in [0, 0.1) is 0 Å². The van der Waals surface area contributed by atoms with Crippen LogP contribution in [0.5, 0.6) is 0 Å². The van der Waals surface area contributed by atoms with Crippen LogP contribution in [0.25, 0.3) is 0 Å². The van der Waals surface area contributed by atoms with Crippen molar-refractivity contribution in [2.45, 2.75) is 11.0 Å². The molecule has 2 aromatic rings. The van der Waals surface area contributed by atoms with Gasteiger partial charge in [0, 0.05) is 12.2 Å². The monoisotopic (exact) mass is 434 g/mol. The summed E-state index contributed by atoms with van der Waals surface area (Å²) in [5, 5.41) is 0.785. The minimum absolute atomic E-state index is 0.0349. The van der Waals surface area contributed by atoms with Gasteiger partial charge in [-0.3, -0.25) is 4.90 Å². The number of carbonyl (C=O) groups is 1. The molecule has 138 valence electrons. The molecular weight excluding hydrogens is 423 g/mol. The molecule has 1 saturated heterocycles. The van der Waals surface area contributed by atoms with Crippen LogP contribution >= 0.6 is 34.8 Å². The van der Waals surface area contributed by atoms with Gasteiger partial charge in [-0.1, -0.05) is 46.9 Å². The Bertz CT molecular complexity index is 952. The van der Waals surface area contributed by atoms with Gasteiger partial charge in [0.1, 0.15) is 11.0 Å². The zero-order valence-electron chi connectivity index (χ0n) is 13.2. The largest absolute Gasteiger partial charge is 0.443 e. The summed E-state index contributed by atoms with van der Waals surface area (Å²) in [5.41, 5.74) is 0.515. The van der Waals surface area contributed by atoms with Gasteiger partial charge in [0.15, 0.2) is 0 Å². The third kappa shape index (κ3) is 4.07. The van der Waals surface area contributed by atoms with Crippen LogP contribution in [-0.4, -0.2) is 33.7 Å². The predicted molar refractivity (Wildman–Crippen MR) is 101 cm³/mol. The third-order valence-electron chi connectivity index (χ3n) is 3.72. The van der Waals surface area contributed by atoms with Gasteiger partial charge in [-0.2, -0.15) is 0 Å². The minimum atomic E-state index is -3.82. The van der Waals surface area contributed by atoms with Crippen molar-refractivity contribution in [1.29, 1.82) is 0 Å². The number of halogens is 3. The first-order chi connectivity index (χ1) is 12.3. The Balaban J connectivity index is 1.68. The lowest BCUT2D eigenvalue weighted by Crippen LogP contribution is -2.34. The number of ether oxygens (including phenoxy) is 1. The Morgan fingerprint density at radius 2 is 1.81 bits per heavy atom. The maximum Gasteiger partial charge on any atom is 0.414 e. The van der Waals surface area contributed by atoms with Gasteiger partial charge >= 0.3 is 6.09 Å². The molecule has 3 rings (SSSR count). The first-order valence-electron chi connectivity index (χ1n) is 7.45. The van der Waals surface area contributed by atoms with E-state index >= 15 is 0 Å². The lowest BCUT2D eigenvalue weighted by Gasteiger charge is -2.14. The fourth-order valence-corrected chi connectivity index (χ4v) is 4.31. The number of nitrogens with one attached hydrogen (secondary N) is 1. The van der Waals surface area contributed by atoms with Crippen molar-refractivity contribution in [3.63, 3.8) is 0 Å². The zero-order valence-corrected chi connectivity index (χ0v) is 16.2. The van der Waals surface area contributed by atoms with E-state index in [2.05, 4.69) is 4.72 Å². The van der Waals surface area contributed by atoms with Gasteiger partial charge < -0.3 is 4.74 Å². The summed E-state index contributed by atoms with van der Waals surface area (Å²) < 4.78 is 32.3. The Kier molecular flexibility index (Phi) is 5.64. The number of rotatable bonds is 5. The van der Waals surface area contributed by atoms with E-state index in [9.17, 15) is 13.2 Å². The van der Waals surface area contributed by atoms with E-state index in [1.54, 1.807) is 30.3 Å². The Labute approximate surface area is 165 Å². The molecule has 0 aromatic heterocycles. The molecule has 1 N–H and O–H groups in total. The van der Waals surface area contributed by atoms with Crippen molar-refractivity contribution in [2.75, 3.05) is 18.0 Å². The highest BCUT2D eigenvalue weighted by molar-refractivity contribution is 7.89. The van der Waals surface area contributed by atoms with Crippen LogP contribution in [-0.2, 0) is 14.8 Å². The van der Waals surface area contributed by atoms with E-state index in [4.69, 9.17) is 39.5 Å². The SMILES string of the molecule is O=C1O[C@@H](CNS(=O)(=O)c2ccccc2Cl)CN1c1ccc(Cl)c(Cl)c1. The minimum Gasteiger partial charge on any atom is -0.443 e. The highest BCUT2D eigenvalue weighted by atomic mass is 35.5. The van der Waals surface area contributed by atoms with Crippen molar-refractivity contribution in [3.05, 3.63) is 57.5 Å². The number of hydrogen-bond donors (Lipinski definition) is 1. The molecule has 10 heteroatoms. The number of sulfonamides is 1. The van der Waals surface area contributed by atoms with Crippen molar-refractivity contribution in [3.8, 4) is 0 Å². The fourth-order valence-electron chi connectivity index (χ4n) is 2.43. The number of hydrogen-bond acceptors (Lipinski definition) is 4. The molecule has 6 nitrogen and oxygen atoms in total. The summed E-state index contributed by atoms with van der Waals surface area (Å²) in [7, 11) is -3.82. The smallest absolute Gasteiger partial charge is 0.414 e. The van der Waals surface area contributed by atoms with E-state index in [1.807, 2.05) is 0 Å². The average molecular weight is 436 g/mol. The molecular formula is C16H13Cl3N2O4S. The van der Waals surface area contributed by atoms with Crippen molar-refractivity contribution >= 4 is 56.6 Å². The van der Waals surface area contributed by atoms with E-state index < -0.39 is 22.2 Å². The van der Waals surface area contributed by atoms with Crippen molar-refractivity contribution in [2.24, 2.45) is 0 Å². The molecule has 1 aliphatic rings. The third-order valence-corrected chi connectivity index (χ3v) is 6.38. The lowest BCUT2D eigenvalue weighted by molar-refractivity contribution is 0.143. The number of benzene rings is 2. The second kappa shape index (κ2) is 7.62. The number of cyclic esters (lactones) is 1. The lowest BCUT2D eigenvalue weighted by atomic mass is 10.2. The van der Waals surface area contributed by atoms with Crippen molar-refractivity contribution < 1.29 is 17.9 Å². The van der Waals surface area contributed by atoms with Gasteiger partial charge in [0.05, 0.1) is 21.6 Å². The summed E-state index contributed by atoms with van der Waals surface area (Å²) in [6, 6.07) is 10.8. The number of anilines is 1. The molecule has 0 saturated carbocycles. The van der Waals surface area contributed by atoms with E-state index in [0.29, 0.717) is 15.7 Å². The molecule has 0 spiro atoms. The van der Waals surface area contributed by atoms with Crippen LogP contribution in [0.15, 0.2) is 47.4 Å². The van der Waals surface area contributed by atoms with Crippen LogP contribution in [0.4, 0.5) is 10.5 Å². The van der Waals surface area contributed by atoms with Gasteiger partial charge in [-0.25, -0.2) is 17.9 Å². The molecule has 2 aromatic carbocycles. The second-order valence-corrected chi connectivity index (χ2v) is 8.45. The number of amides is 1. The predicted octanol–water partition coefficient (Wildman–Crippen LogP) is 3.95. The first kappa shape index (κ1) is 19.3. The molecule has 0 bridgehead atoms. The normalized spacial score (nSPS) is 17.4. The molecule has 26 heavy (non-hydrogen) atoms. The molecule has 1 fully saturated rings. The van der Waals surface area contributed by atoms with Gasteiger partial charge in [-0.05, 0) is 30.3 Å². The highest BCUT2D eigenvalue weighted by Gasteiger charge is 2.33. The summed E-state index contributed by atoms with van der Waals surface area (Å²) >= 11 is 17.8. The van der Waals surface area contributed by atoms with Gasteiger partial charge in [0.25, 0.3) is 0 Å². The standard InChI is InChI=1S/C16H13Cl3N2O4S/c17-12-6-5-10(7-14(12)19)21-9-11(25-16(21)22)8-20-26(23,24)15-4-2-1-3-13(15)18/h1-7,11,20H,8-9H2/t11-/m0/s1. The van der Waals surface area contributed by atoms with Crippen LogP contribution in [0.1, 0.15) is 0 Å². The highest BCUT2D eigenvalue weighted by Crippen LogP contribution is 2.29. The Hall–Kier alpha value is -1.51. The van der Waals surface area contributed by atoms with Crippen LogP contribution in [0.2, 0.25) is 15.1 Å². The molecule has 0 radical (unpaired) electrons. The molecule has 1 atom stereocenters. The Morgan fingerprint density at radius 1 is 1.08 bits per heavy atom. The average Bonchev–Trinajstić information content (AvgIpc) is 2.97. The molecule has 1 heterocycles. The molecule has 0 unspecified atom stereocenters. The second-order valence-electron chi connectivity index (χ2n) is 5.50. The first-order valence-corrected chi connectivity index (χ1v) is 10.1. The molecule has 1 amide bonds. The quantitative estimate of drug-likeness (QED) is 0.771. The zero-order chi connectivity index (χ0) is 18.9. The number of nitrogens with zero attached hydrogens (tertiary/aromatic N) is 1. The van der Waals surface area contributed by atoms with E-state index in [0.717, 1.165) is 0 Å².